The monoisotopic (exact) mass is 317 g/mol. The van der Waals surface area contributed by atoms with E-state index in [9.17, 15) is 0 Å². The van der Waals surface area contributed by atoms with Crippen LogP contribution in [0.25, 0.3) is 0 Å². The van der Waals surface area contributed by atoms with Crippen molar-refractivity contribution in [2.75, 3.05) is 28.7 Å². The maximum Gasteiger partial charge on any atom is 0.191 e. The van der Waals surface area contributed by atoms with Gasteiger partial charge in [0.2, 0.25) is 0 Å². The van der Waals surface area contributed by atoms with Crippen LogP contribution < -0.4 is 16.4 Å². The normalized spacial score (nSPS) is 10.5. The molecule has 0 saturated carbocycles. The molecule has 4 N–H and O–H groups in total. The van der Waals surface area contributed by atoms with Crippen LogP contribution >= 0.6 is 11.8 Å². The molecule has 0 saturated heterocycles. The van der Waals surface area contributed by atoms with Crippen molar-refractivity contribution in [3.63, 3.8) is 0 Å². The van der Waals surface area contributed by atoms with E-state index in [0.29, 0.717) is 23.9 Å². The number of nitrogen functional groups attached to an aromatic ring is 1. The first-order valence-electron chi connectivity index (χ1n) is 7.56. The Morgan fingerprint density at radius 3 is 2.36 bits per heavy atom. The summed E-state index contributed by atoms with van der Waals surface area (Å²) in [7, 11) is 0. The fourth-order valence-electron chi connectivity index (χ4n) is 1.93. The number of hydrogen-bond acceptors (Lipinski definition) is 6. The van der Waals surface area contributed by atoms with Gasteiger partial charge in [-0.15, -0.1) is 0 Å². The molecule has 0 amide bonds. The Morgan fingerprint density at radius 1 is 1.05 bits per heavy atom. The third-order valence-corrected chi connectivity index (χ3v) is 4.06. The maximum atomic E-state index is 6.17. The van der Waals surface area contributed by atoms with Crippen molar-refractivity contribution in [2.24, 2.45) is 0 Å². The van der Waals surface area contributed by atoms with E-state index in [-0.39, 0.29) is 0 Å². The molecule has 1 aromatic carbocycles. The Hall–Kier alpha value is -1.95. The van der Waals surface area contributed by atoms with Gasteiger partial charge in [-0.1, -0.05) is 49.0 Å². The number of rotatable bonds is 8. The highest BCUT2D eigenvalue weighted by Gasteiger charge is 2.11. The zero-order chi connectivity index (χ0) is 15.8. The van der Waals surface area contributed by atoms with Gasteiger partial charge in [0.1, 0.15) is 5.69 Å². The molecule has 1 heterocycles. The van der Waals surface area contributed by atoms with Crippen molar-refractivity contribution in [3.05, 3.63) is 35.9 Å². The highest BCUT2D eigenvalue weighted by molar-refractivity contribution is 7.99. The predicted molar refractivity (Wildman–Crippen MR) is 95.4 cm³/mol. The van der Waals surface area contributed by atoms with Gasteiger partial charge in [0.05, 0.1) is 0 Å². The van der Waals surface area contributed by atoms with Crippen LogP contribution in [0, 0.1) is 0 Å². The van der Waals surface area contributed by atoms with Gasteiger partial charge in [-0.05, 0) is 18.9 Å². The van der Waals surface area contributed by atoms with Crippen LogP contribution in [0.3, 0.4) is 0 Å². The second kappa shape index (κ2) is 8.48. The van der Waals surface area contributed by atoms with Gasteiger partial charge < -0.3 is 16.4 Å². The van der Waals surface area contributed by atoms with E-state index in [1.54, 1.807) is 11.8 Å². The summed E-state index contributed by atoms with van der Waals surface area (Å²) in [6.45, 7) is 5.63. The number of nitrogens with zero attached hydrogens (tertiary/aromatic N) is 2. The number of benzene rings is 1. The van der Waals surface area contributed by atoms with Gasteiger partial charge in [0, 0.05) is 18.8 Å². The number of nitrogens with two attached hydrogens (primary N) is 1. The van der Waals surface area contributed by atoms with E-state index >= 15 is 0 Å². The molecule has 0 atom stereocenters. The van der Waals surface area contributed by atoms with E-state index < -0.39 is 0 Å². The number of nitrogens with one attached hydrogen (secondary N) is 2. The van der Waals surface area contributed by atoms with Gasteiger partial charge in [-0.2, -0.15) is 0 Å². The molecule has 0 radical (unpaired) electrons. The van der Waals surface area contributed by atoms with Crippen LogP contribution in [0.15, 0.2) is 35.5 Å². The Kier molecular flexibility index (Phi) is 6.33. The van der Waals surface area contributed by atoms with E-state index in [1.807, 2.05) is 25.1 Å². The molecule has 5 nitrogen and oxygen atoms in total. The summed E-state index contributed by atoms with van der Waals surface area (Å²) in [5, 5.41) is 7.27. The standard InChI is InChI=1S/C16H23N5S/c1-3-10-22-16-20-14(18-4-2)13(17)15(21-16)19-11-12-8-6-5-7-9-12/h5-9H,3-4,10-11,17H2,1-2H3,(H2,18,19,20,21). The fraction of sp³-hybridized carbons (Fsp3) is 0.375. The van der Waals surface area contributed by atoms with Crippen LogP contribution in [0.5, 0.6) is 0 Å². The Balaban J connectivity index is 2.18. The molecule has 0 bridgehead atoms. The lowest BCUT2D eigenvalue weighted by atomic mass is 10.2. The molecule has 0 unspecified atom stereocenters. The lowest BCUT2D eigenvalue weighted by Gasteiger charge is -2.14. The predicted octanol–water partition coefficient (Wildman–Crippen LogP) is 3.60. The summed E-state index contributed by atoms with van der Waals surface area (Å²) in [4.78, 5) is 9.03. The Bertz CT molecular complexity index is 589. The lowest BCUT2D eigenvalue weighted by Crippen LogP contribution is -2.11. The molecule has 6 heteroatoms. The summed E-state index contributed by atoms with van der Waals surface area (Å²) in [6, 6.07) is 10.2. The molecule has 0 spiro atoms. The van der Waals surface area contributed by atoms with Crippen molar-refractivity contribution < 1.29 is 0 Å². The first kappa shape index (κ1) is 16.4. The average molecular weight is 317 g/mol. The molecule has 0 aliphatic rings. The zero-order valence-corrected chi connectivity index (χ0v) is 13.9. The van der Waals surface area contributed by atoms with E-state index in [4.69, 9.17) is 5.73 Å². The summed E-state index contributed by atoms with van der Waals surface area (Å²) in [5.74, 6) is 2.38. The number of aromatic nitrogens is 2. The Labute approximate surface area is 136 Å². The van der Waals surface area contributed by atoms with Crippen molar-refractivity contribution in [1.82, 2.24) is 9.97 Å². The fourth-order valence-corrected chi connectivity index (χ4v) is 2.62. The van der Waals surface area contributed by atoms with Crippen LogP contribution in [-0.2, 0) is 6.54 Å². The van der Waals surface area contributed by atoms with Gasteiger partial charge in [-0.3, -0.25) is 0 Å². The van der Waals surface area contributed by atoms with Gasteiger partial charge >= 0.3 is 0 Å². The minimum atomic E-state index is 0.568. The first-order valence-corrected chi connectivity index (χ1v) is 8.55. The smallest absolute Gasteiger partial charge is 0.191 e. The SMILES string of the molecule is CCCSc1nc(NCC)c(N)c(NCc2ccccc2)n1. The molecule has 0 aliphatic heterocycles. The molecule has 118 valence electrons. The zero-order valence-electron chi connectivity index (χ0n) is 13.1. The first-order chi connectivity index (χ1) is 10.7. The van der Waals surface area contributed by atoms with Gasteiger partial charge in [0.25, 0.3) is 0 Å². The van der Waals surface area contributed by atoms with Crippen LogP contribution in [0.2, 0.25) is 0 Å². The lowest BCUT2D eigenvalue weighted by molar-refractivity contribution is 0.947. The number of thioether (sulfide) groups is 1. The van der Waals surface area contributed by atoms with E-state index in [1.165, 1.54) is 5.56 Å². The Morgan fingerprint density at radius 2 is 1.73 bits per heavy atom. The van der Waals surface area contributed by atoms with Crippen molar-refractivity contribution >= 4 is 29.1 Å². The van der Waals surface area contributed by atoms with Crippen molar-refractivity contribution in [1.29, 1.82) is 0 Å². The molecular formula is C16H23N5S. The van der Waals surface area contributed by atoms with Crippen LogP contribution in [0.4, 0.5) is 17.3 Å². The third kappa shape index (κ3) is 4.53. The summed E-state index contributed by atoms with van der Waals surface area (Å²) >= 11 is 1.65. The van der Waals surface area contributed by atoms with E-state index in [2.05, 4.69) is 39.7 Å². The molecule has 0 aliphatic carbocycles. The molecule has 1 aromatic heterocycles. The van der Waals surface area contributed by atoms with E-state index in [0.717, 1.165) is 23.9 Å². The largest absolute Gasteiger partial charge is 0.393 e. The highest BCUT2D eigenvalue weighted by atomic mass is 32.2. The number of hydrogen-bond donors (Lipinski definition) is 3. The third-order valence-electron chi connectivity index (χ3n) is 3.01. The van der Waals surface area contributed by atoms with Crippen molar-refractivity contribution in [2.45, 2.75) is 32.0 Å². The van der Waals surface area contributed by atoms with Crippen LogP contribution in [-0.4, -0.2) is 22.3 Å². The molecule has 2 rings (SSSR count). The number of anilines is 3. The quantitative estimate of drug-likeness (QED) is 0.510. The van der Waals surface area contributed by atoms with Gasteiger partial charge in [-0.25, -0.2) is 9.97 Å². The molecule has 22 heavy (non-hydrogen) atoms. The molecule has 0 fully saturated rings. The second-order valence-corrected chi connectivity index (χ2v) is 5.90. The topological polar surface area (TPSA) is 75.9 Å². The molecule has 2 aromatic rings. The van der Waals surface area contributed by atoms with Crippen molar-refractivity contribution in [3.8, 4) is 0 Å². The highest BCUT2D eigenvalue weighted by Crippen LogP contribution is 2.28. The van der Waals surface area contributed by atoms with Crippen LogP contribution in [0.1, 0.15) is 25.8 Å². The minimum absolute atomic E-state index is 0.568. The maximum absolute atomic E-state index is 6.17. The average Bonchev–Trinajstić information content (AvgIpc) is 2.55. The second-order valence-electron chi connectivity index (χ2n) is 4.84. The summed E-state index contributed by atoms with van der Waals surface area (Å²) < 4.78 is 0. The summed E-state index contributed by atoms with van der Waals surface area (Å²) in [5.41, 5.74) is 7.93. The minimum Gasteiger partial charge on any atom is -0.393 e. The summed E-state index contributed by atoms with van der Waals surface area (Å²) in [6.07, 6.45) is 1.09. The van der Waals surface area contributed by atoms with Gasteiger partial charge in [0.15, 0.2) is 16.8 Å². The molecular weight excluding hydrogens is 294 g/mol.